The highest BCUT2D eigenvalue weighted by molar-refractivity contribution is 14.1. The topological polar surface area (TPSA) is 25.8 Å². The first-order valence-corrected chi connectivity index (χ1v) is 7.66. The van der Waals surface area contributed by atoms with Gasteiger partial charge in [0.05, 0.1) is 10.7 Å². The van der Waals surface area contributed by atoms with Crippen LogP contribution in [0.15, 0.2) is 18.2 Å². The SMILES string of the molecule is Cc1nc(-c2ccc(Cl)cc2Cl)nc(CI)c1C. The Morgan fingerprint density at radius 3 is 2.50 bits per heavy atom. The summed E-state index contributed by atoms with van der Waals surface area (Å²) < 4.78 is 0.852. The zero-order chi connectivity index (χ0) is 13.3. The summed E-state index contributed by atoms with van der Waals surface area (Å²) in [5, 5.41) is 1.19. The van der Waals surface area contributed by atoms with E-state index in [-0.39, 0.29) is 0 Å². The van der Waals surface area contributed by atoms with Crippen molar-refractivity contribution in [2.45, 2.75) is 18.3 Å². The molecule has 18 heavy (non-hydrogen) atoms. The largest absolute Gasteiger partial charge is 0.233 e. The van der Waals surface area contributed by atoms with Crippen LogP contribution in [0.5, 0.6) is 0 Å². The molecule has 0 N–H and O–H groups in total. The Morgan fingerprint density at radius 1 is 1.17 bits per heavy atom. The molecule has 0 saturated carbocycles. The molecule has 2 rings (SSSR count). The second-order valence-electron chi connectivity index (χ2n) is 3.96. The Balaban J connectivity index is 2.60. The number of hydrogen-bond acceptors (Lipinski definition) is 2. The molecule has 0 fully saturated rings. The van der Waals surface area contributed by atoms with Crippen LogP contribution >= 0.6 is 45.8 Å². The lowest BCUT2D eigenvalue weighted by atomic mass is 10.1. The van der Waals surface area contributed by atoms with Crippen molar-refractivity contribution in [3.05, 3.63) is 45.2 Å². The van der Waals surface area contributed by atoms with E-state index in [1.165, 1.54) is 0 Å². The van der Waals surface area contributed by atoms with Gasteiger partial charge in [0.15, 0.2) is 5.82 Å². The third-order valence-electron chi connectivity index (χ3n) is 2.79. The summed E-state index contributed by atoms with van der Waals surface area (Å²) in [6.07, 6.45) is 0. The highest BCUT2D eigenvalue weighted by Crippen LogP contribution is 2.29. The molecule has 0 aliphatic carbocycles. The predicted octanol–water partition coefficient (Wildman–Crippen LogP) is 5.00. The first-order valence-electron chi connectivity index (χ1n) is 5.38. The van der Waals surface area contributed by atoms with Crippen molar-refractivity contribution in [1.82, 2.24) is 9.97 Å². The molecule has 1 aromatic heterocycles. The van der Waals surface area contributed by atoms with Gasteiger partial charge in [0, 0.05) is 20.7 Å². The number of nitrogens with zero attached hydrogens (tertiary/aromatic N) is 2. The molecule has 0 saturated heterocycles. The van der Waals surface area contributed by atoms with E-state index < -0.39 is 0 Å². The minimum atomic E-state index is 0.574. The van der Waals surface area contributed by atoms with Crippen LogP contribution in [0.2, 0.25) is 10.0 Å². The molecular weight excluding hydrogens is 382 g/mol. The second kappa shape index (κ2) is 5.72. The highest BCUT2D eigenvalue weighted by Gasteiger charge is 2.11. The molecule has 2 nitrogen and oxygen atoms in total. The molecule has 2 aromatic rings. The minimum absolute atomic E-state index is 0.574. The average Bonchev–Trinajstić information content (AvgIpc) is 2.32. The number of hydrogen-bond donors (Lipinski definition) is 0. The lowest BCUT2D eigenvalue weighted by Gasteiger charge is -2.09. The molecule has 0 bridgehead atoms. The molecule has 0 amide bonds. The maximum absolute atomic E-state index is 6.19. The van der Waals surface area contributed by atoms with E-state index >= 15 is 0 Å². The lowest BCUT2D eigenvalue weighted by Crippen LogP contribution is -2.01. The summed E-state index contributed by atoms with van der Waals surface area (Å²) >= 11 is 14.4. The average molecular weight is 393 g/mol. The zero-order valence-corrected chi connectivity index (χ0v) is 13.6. The van der Waals surface area contributed by atoms with Gasteiger partial charge in [-0.1, -0.05) is 45.8 Å². The lowest BCUT2D eigenvalue weighted by molar-refractivity contribution is 1.02. The molecule has 0 aliphatic heterocycles. The smallest absolute Gasteiger partial charge is 0.161 e. The Labute approximate surface area is 130 Å². The summed E-state index contributed by atoms with van der Waals surface area (Å²) in [5.41, 5.74) is 3.98. The van der Waals surface area contributed by atoms with Crippen LogP contribution in [0.4, 0.5) is 0 Å². The van der Waals surface area contributed by atoms with Gasteiger partial charge in [-0.2, -0.15) is 0 Å². The molecule has 0 spiro atoms. The number of aromatic nitrogens is 2. The molecule has 1 heterocycles. The molecule has 0 aliphatic rings. The fraction of sp³-hybridized carbons (Fsp3) is 0.231. The van der Waals surface area contributed by atoms with Crippen molar-refractivity contribution >= 4 is 45.8 Å². The summed E-state index contributed by atoms with van der Waals surface area (Å²) in [7, 11) is 0. The van der Waals surface area contributed by atoms with Crippen molar-refractivity contribution in [3.63, 3.8) is 0 Å². The van der Waals surface area contributed by atoms with Crippen LogP contribution in [0.25, 0.3) is 11.4 Å². The Kier molecular flexibility index (Phi) is 4.45. The van der Waals surface area contributed by atoms with Gasteiger partial charge in [0.1, 0.15) is 0 Å². The van der Waals surface area contributed by atoms with E-state index in [0.717, 1.165) is 26.9 Å². The summed E-state index contributed by atoms with van der Waals surface area (Å²) in [5.74, 6) is 0.659. The van der Waals surface area contributed by atoms with Crippen LogP contribution in [0.1, 0.15) is 17.0 Å². The molecule has 0 atom stereocenters. The van der Waals surface area contributed by atoms with Crippen molar-refractivity contribution in [2.75, 3.05) is 0 Å². The third kappa shape index (κ3) is 2.78. The Morgan fingerprint density at radius 2 is 1.89 bits per heavy atom. The third-order valence-corrected chi connectivity index (χ3v) is 4.06. The second-order valence-corrected chi connectivity index (χ2v) is 5.57. The zero-order valence-electron chi connectivity index (χ0n) is 9.97. The maximum Gasteiger partial charge on any atom is 0.161 e. The number of benzene rings is 1. The normalized spacial score (nSPS) is 10.7. The molecular formula is C13H11Cl2IN2. The molecule has 5 heteroatoms. The van der Waals surface area contributed by atoms with Crippen molar-refractivity contribution in [1.29, 1.82) is 0 Å². The Bertz CT molecular complexity index is 600. The van der Waals surface area contributed by atoms with Crippen LogP contribution in [-0.4, -0.2) is 9.97 Å². The first kappa shape index (κ1) is 14.0. The summed E-state index contributed by atoms with van der Waals surface area (Å²) in [6, 6.07) is 5.36. The van der Waals surface area contributed by atoms with E-state index in [1.54, 1.807) is 12.1 Å². The number of rotatable bonds is 2. The van der Waals surface area contributed by atoms with Crippen molar-refractivity contribution in [2.24, 2.45) is 0 Å². The first-order chi connectivity index (χ1) is 8.52. The van der Waals surface area contributed by atoms with Crippen LogP contribution in [-0.2, 0) is 4.43 Å². The van der Waals surface area contributed by atoms with Crippen molar-refractivity contribution < 1.29 is 0 Å². The van der Waals surface area contributed by atoms with Gasteiger partial charge in [-0.3, -0.25) is 0 Å². The molecule has 1 aromatic carbocycles. The van der Waals surface area contributed by atoms with Crippen LogP contribution in [0, 0.1) is 13.8 Å². The van der Waals surface area contributed by atoms with E-state index in [9.17, 15) is 0 Å². The minimum Gasteiger partial charge on any atom is -0.233 e. The van der Waals surface area contributed by atoms with E-state index in [1.807, 2.05) is 19.9 Å². The number of aryl methyl sites for hydroxylation is 1. The Hall–Kier alpha value is -0.390. The highest BCUT2D eigenvalue weighted by atomic mass is 127. The number of alkyl halides is 1. The van der Waals surface area contributed by atoms with Gasteiger partial charge >= 0.3 is 0 Å². The molecule has 0 radical (unpaired) electrons. The van der Waals surface area contributed by atoms with Crippen LogP contribution < -0.4 is 0 Å². The summed E-state index contributed by atoms with van der Waals surface area (Å²) in [6.45, 7) is 4.02. The molecule has 0 unspecified atom stereocenters. The monoisotopic (exact) mass is 392 g/mol. The van der Waals surface area contributed by atoms with Gasteiger partial charge in [-0.25, -0.2) is 9.97 Å². The van der Waals surface area contributed by atoms with E-state index in [0.29, 0.717) is 15.9 Å². The standard InChI is InChI=1S/C13H11Cl2IN2/c1-7-8(2)17-13(18-12(7)6-16)10-4-3-9(14)5-11(10)15/h3-5H,6H2,1-2H3. The van der Waals surface area contributed by atoms with Crippen molar-refractivity contribution in [3.8, 4) is 11.4 Å². The number of halogens is 3. The van der Waals surface area contributed by atoms with Gasteiger partial charge in [0.2, 0.25) is 0 Å². The van der Waals surface area contributed by atoms with E-state index in [2.05, 4.69) is 32.6 Å². The predicted molar refractivity (Wildman–Crippen MR) is 84.7 cm³/mol. The fourth-order valence-electron chi connectivity index (χ4n) is 1.61. The van der Waals surface area contributed by atoms with Gasteiger partial charge < -0.3 is 0 Å². The van der Waals surface area contributed by atoms with Gasteiger partial charge in [0.25, 0.3) is 0 Å². The van der Waals surface area contributed by atoms with Crippen LogP contribution in [0.3, 0.4) is 0 Å². The quantitative estimate of drug-likeness (QED) is 0.530. The summed E-state index contributed by atoms with van der Waals surface area (Å²) in [4.78, 5) is 9.07. The van der Waals surface area contributed by atoms with Gasteiger partial charge in [-0.15, -0.1) is 0 Å². The molecule has 94 valence electrons. The maximum atomic E-state index is 6.19. The van der Waals surface area contributed by atoms with Gasteiger partial charge in [-0.05, 0) is 37.6 Å². The fourth-order valence-corrected chi connectivity index (χ4v) is 2.85. The van der Waals surface area contributed by atoms with E-state index in [4.69, 9.17) is 23.2 Å².